The molecule has 0 aliphatic rings. The largest absolute Gasteiger partial charge is 0.425 e. The van der Waals surface area contributed by atoms with Gasteiger partial charge in [-0.1, -0.05) is 6.92 Å². The van der Waals surface area contributed by atoms with Gasteiger partial charge in [0.1, 0.15) is 6.79 Å². The number of methoxy groups -OCH3 is 1. The van der Waals surface area contributed by atoms with Gasteiger partial charge in [0, 0.05) is 13.5 Å². The van der Waals surface area contributed by atoms with Crippen molar-refractivity contribution in [1.29, 1.82) is 0 Å². The molecule has 2 atom stereocenters. The van der Waals surface area contributed by atoms with E-state index in [-0.39, 0.29) is 13.2 Å². The Balaban J connectivity index is 4.49. The van der Waals surface area contributed by atoms with Gasteiger partial charge >= 0.3 is 6.18 Å². The van der Waals surface area contributed by atoms with E-state index in [9.17, 15) is 26.3 Å². The van der Waals surface area contributed by atoms with Crippen molar-refractivity contribution in [2.75, 3.05) is 13.9 Å². The summed E-state index contributed by atoms with van der Waals surface area (Å²) >= 11 is 0. The van der Waals surface area contributed by atoms with Crippen LogP contribution in [0.4, 0.5) is 26.3 Å². The van der Waals surface area contributed by atoms with Gasteiger partial charge in [0.25, 0.3) is 12.1 Å². The minimum Gasteiger partial charge on any atom is -0.359 e. The summed E-state index contributed by atoms with van der Waals surface area (Å²) in [5.74, 6) is -4.51. The fourth-order valence-electron chi connectivity index (χ4n) is 1.13. The van der Waals surface area contributed by atoms with E-state index in [1.165, 1.54) is 14.0 Å². The second kappa shape index (κ2) is 6.44. The predicted molar refractivity (Wildman–Crippen MR) is 47.6 cm³/mol. The monoisotopic (exact) mass is 268 g/mol. The molecule has 0 aromatic rings. The summed E-state index contributed by atoms with van der Waals surface area (Å²) in [7, 11) is 1.23. The van der Waals surface area contributed by atoms with Crippen molar-refractivity contribution in [2.45, 2.75) is 44.1 Å². The van der Waals surface area contributed by atoms with Crippen LogP contribution < -0.4 is 0 Å². The highest BCUT2D eigenvalue weighted by molar-refractivity contribution is 4.85. The lowest BCUT2D eigenvalue weighted by Gasteiger charge is -2.26. The summed E-state index contributed by atoms with van der Waals surface area (Å²) in [6.45, 7) is 1.11. The first-order chi connectivity index (χ1) is 7.65. The second-order valence-corrected chi connectivity index (χ2v) is 3.47. The molecule has 2 unspecified atom stereocenters. The van der Waals surface area contributed by atoms with E-state index < -0.39 is 30.8 Å². The van der Waals surface area contributed by atoms with Gasteiger partial charge in [-0.05, 0) is 6.42 Å². The van der Waals surface area contributed by atoms with Gasteiger partial charge in [-0.15, -0.1) is 0 Å². The molecule has 0 aliphatic heterocycles. The Hall–Kier alpha value is -0.500. The maximum absolute atomic E-state index is 13.0. The molecule has 0 N–H and O–H groups in total. The molecular formula is C9H14F6O2. The smallest absolute Gasteiger partial charge is 0.359 e. The quantitative estimate of drug-likeness (QED) is 0.521. The van der Waals surface area contributed by atoms with Gasteiger partial charge in [-0.2, -0.15) is 13.2 Å². The van der Waals surface area contributed by atoms with Crippen molar-refractivity contribution in [2.24, 2.45) is 0 Å². The minimum atomic E-state index is -5.58. The highest BCUT2D eigenvalue weighted by Crippen LogP contribution is 2.38. The molecule has 0 aromatic carbocycles. The lowest BCUT2D eigenvalue weighted by molar-refractivity contribution is -0.252. The number of ether oxygens (including phenoxy) is 2. The van der Waals surface area contributed by atoms with Crippen molar-refractivity contribution in [3.8, 4) is 0 Å². The van der Waals surface area contributed by atoms with Gasteiger partial charge in [0.05, 0.1) is 6.10 Å². The van der Waals surface area contributed by atoms with Crippen molar-refractivity contribution in [1.82, 2.24) is 0 Å². The number of halogens is 6. The van der Waals surface area contributed by atoms with Crippen molar-refractivity contribution < 1.29 is 35.8 Å². The standard InChI is InChI=1S/C9H14F6O2/c1-3-6(17-5-16-2)4-8(11,12)7(10)9(13,14)15/h6-7H,3-5H2,1-2H3. The fourth-order valence-corrected chi connectivity index (χ4v) is 1.13. The van der Waals surface area contributed by atoms with Crippen LogP contribution in [0.25, 0.3) is 0 Å². The lowest BCUT2D eigenvalue weighted by Crippen LogP contribution is -2.44. The van der Waals surface area contributed by atoms with E-state index in [0.29, 0.717) is 0 Å². The summed E-state index contributed by atoms with van der Waals surface area (Å²) in [6.07, 6.45) is -12.3. The molecule has 0 aliphatic carbocycles. The highest BCUT2D eigenvalue weighted by atomic mass is 19.4. The summed E-state index contributed by atoms with van der Waals surface area (Å²) in [6, 6.07) is 0. The SMILES string of the molecule is CCC(CC(F)(F)C(F)C(F)(F)F)OCOC. The molecular weight excluding hydrogens is 254 g/mol. The molecule has 0 saturated carbocycles. The maximum Gasteiger partial charge on any atom is 0.425 e. The van der Waals surface area contributed by atoms with E-state index in [0.717, 1.165) is 0 Å². The fraction of sp³-hybridized carbons (Fsp3) is 1.00. The molecule has 0 heterocycles. The van der Waals surface area contributed by atoms with E-state index in [2.05, 4.69) is 4.74 Å². The Morgan fingerprint density at radius 2 is 1.65 bits per heavy atom. The first kappa shape index (κ1) is 16.5. The third-order valence-corrected chi connectivity index (χ3v) is 2.03. The van der Waals surface area contributed by atoms with Crippen molar-refractivity contribution in [3.05, 3.63) is 0 Å². The first-order valence-corrected chi connectivity index (χ1v) is 4.84. The normalized spacial score (nSPS) is 16.9. The number of rotatable bonds is 7. The van der Waals surface area contributed by atoms with Crippen molar-refractivity contribution >= 4 is 0 Å². The molecule has 0 aromatic heterocycles. The van der Waals surface area contributed by atoms with Crippen LogP contribution in [0.15, 0.2) is 0 Å². The van der Waals surface area contributed by atoms with Crippen LogP contribution in [-0.4, -0.2) is 38.3 Å². The molecule has 0 saturated heterocycles. The van der Waals surface area contributed by atoms with Crippen LogP contribution in [0.5, 0.6) is 0 Å². The Labute approximate surface area is 94.9 Å². The van der Waals surface area contributed by atoms with Crippen LogP contribution >= 0.6 is 0 Å². The predicted octanol–water partition coefficient (Wildman–Crippen LogP) is 3.31. The summed E-state index contributed by atoms with van der Waals surface area (Å²) < 4.78 is 83.1. The van der Waals surface area contributed by atoms with Gasteiger partial charge in [0.2, 0.25) is 0 Å². The Morgan fingerprint density at radius 3 is 2.00 bits per heavy atom. The van der Waals surface area contributed by atoms with Crippen LogP contribution in [0, 0.1) is 0 Å². The van der Waals surface area contributed by atoms with E-state index >= 15 is 0 Å². The molecule has 8 heteroatoms. The molecule has 0 spiro atoms. The summed E-state index contributed by atoms with van der Waals surface area (Å²) in [5, 5.41) is 0. The summed E-state index contributed by atoms with van der Waals surface area (Å²) in [5.41, 5.74) is 0. The van der Waals surface area contributed by atoms with Crippen LogP contribution in [0.3, 0.4) is 0 Å². The molecule has 0 amide bonds. The average molecular weight is 268 g/mol. The molecule has 2 nitrogen and oxygen atoms in total. The second-order valence-electron chi connectivity index (χ2n) is 3.47. The highest BCUT2D eigenvalue weighted by Gasteiger charge is 2.57. The Morgan fingerprint density at radius 1 is 1.12 bits per heavy atom. The van der Waals surface area contributed by atoms with Crippen LogP contribution in [0.1, 0.15) is 19.8 Å². The van der Waals surface area contributed by atoms with Crippen LogP contribution in [0.2, 0.25) is 0 Å². The molecule has 0 rings (SSSR count). The van der Waals surface area contributed by atoms with Gasteiger partial charge in [0.15, 0.2) is 0 Å². The maximum atomic E-state index is 13.0. The topological polar surface area (TPSA) is 18.5 Å². The Bertz CT molecular complexity index is 218. The minimum absolute atomic E-state index is 0.0313. The first-order valence-electron chi connectivity index (χ1n) is 4.84. The average Bonchev–Trinajstić information content (AvgIpc) is 2.21. The van der Waals surface area contributed by atoms with Crippen molar-refractivity contribution in [3.63, 3.8) is 0 Å². The molecule has 104 valence electrons. The molecule has 0 bridgehead atoms. The zero-order chi connectivity index (χ0) is 13.7. The molecule has 0 fully saturated rings. The van der Waals surface area contributed by atoms with Gasteiger partial charge in [-0.25, -0.2) is 13.2 Å². The van der Waals surface area contributed by atoms with Crippen LogP contribution in [-0.2, 0) is 9.47 Å². The third kappa shape index (κ3) is 5.58. The van der Waals surface area contributed by atoms with Gasteiger partial charge in [-0.3, -0.25) is 0 Å². The van der Waals surface area contributed by atoms with Gasteiger partial charge < -0.3 is 9.47 Å². The number of hydrogen-bond donors (Lipinski definition) is 0. The number of alkyl halides is 6. The van der Waals surface area contributed by atoms with E-state index in [4.69, 9.17) is 4.74 Å². The Kier molecular flexibility index (Phi) is 6.25. The van der Waals surface area contributed by atoms with E-state index in [1.807, 2.05) is 0 Å². The molecule has 0 radical (unpaired) electrons. The zero-order valence-electron chi connectivity index (χ0n) is 9.36. The molecule has 17 heavy (non-hydrogen) atoms. The zero-order valence-corrected chi connectivity index (χ0v) is 9.36. The van der Waals surface area contributed by atoms with E-state index in [1.54, 1.807) is 0 Å². The third-order valence-electron chi connectivity index (χ3n) is 2.03. The number of hydrogen-bond acceptors (Lipinski definition) is 2. The summed E-state index contributed by atoms with van der Waals surface area (Å²) in [4.78, 5) is 0. The lowest BCUT2D eigenvalue weighted by atomic mass is 10.0.